The van der Waals surface area contributed by atoms with Gasteiger partial charge in [-0.15, -0.1) is 0 Å². The summed E-state index contributed by atoms with van der Waals surface area (Å²) in [6, 6.07) is 42.5. The molecule has 0 N–H and O–H groups in total. The summed E-state index contributed by atoms with van der Waals surface area (Å²) in [5, 5.41) is 5.73. The SMILES string of the molecule is [Zn][c]1ccc([Si](c2ccccc2)(c2ccccc2)c2ccccc2)cc1. The van der Waals surface area contributed by atoms with Crippen LogP contribution in [0, 0.1) is 0 Å². The van der Waals surface area contributed by atoms with Gasteiger partial charge in [-0.05, 0) is 0 Å². The van der Waals surface area contributed by atoms with Crippen LogP contribution in [0.4, 0.5) is 0 Å². The first-order valence-electron chi connectivity index (χ1n) is 8.91. The van der Waals surface area contributed by atoms with Crippen LogP contribution in [0.3, 0.4) is 0 Å². The van der Waals surface area contributed by atoms with Crippen LogP contribution in [0.1, 0.15) is 0 Å². The molecule has 0 spiro atoms. The Labute approximate surface area is 166 Å². The van der Waals surface area contributed by atoms with E-state index in [9.17, 15) is 0 Å². The summed E-state index contributed by atoms with van der Waals surface area (Å²) in [5.41, 5.74) is 0. The Balaban J connectivity index is 2.12. The van der Waals surface area contributed by atoms with Crippen molar-refractivity contribution in [2.24, 2.45) is 0 Å². The van der Waals surface area contributed by atoms with Crippen molar-refractivity contribution in [1.82, 2.24) is 0 Å². The van der Waals surface area contributed by atoms with Gasteiger partial charge in [0.05, 0.1) is 0 Å². The van der Waals surface area contributed by atoms with E-state index in [1.807, 2.05) is 0 Å². The second-order valence-corrected chi connectivity index (χ2v) is 12.1. The zero-order chi connectivity index (χ0) is 17.8. The number of hydrogen-bond acceptors (Lipinski definition) is 0. The number of rotatable bonds is 4. The zero-order valence-corrected chi connectivity index (χ0v) is 18.6. The van der Waals surface area contributed by atoms with E-state index in [0.717, 1.165) is 0 Å². The summed E-state index contributed by atoms with van der Waals surface area (Å²) in [6.45, 7) is 0. The first-order chi connectivity index (χ1) is 12.8. The molecule has 0 radical (unpaired) electrons. The van der Waals surface area contributed by atoms with E-state index >= 15 is 0 Å². The van der Waals surface area contributed by atoms with Crippen molar-refractivity contribution in [2.45, 2.75) is 0 Å². The predicted octanol–water partition coefficient (Wildman–Crippen LogP) is 2.24. The quantitative estimate of drug-likeness (QED) is 0.364. The Bertz CT molecular complexity index is 868. The summed E-state index contributed by atoms with van der Waals surface area (Å²) in [5.74, 6) is 0. The first-order valence-corrected chi connectivity index (χ1v) is 12.4. The van der Waals surface area contributed by atoms with E-state index in [1.54, 1.807) is 0 Å². The van der Waals surface area contributed by atoms with Crippen LogP contribution < -0.4 is 24.9 Å². The molecule has 0 saturated heterocycles. The minimum absolute atomic E-state index is 1.19. The maximum atomic E-state index is 2.36. The van der Waals surface area contributed by atoms with Crippen LogP contribution in [-0.4, -0.2) is 8.07 Å². The second-order valence-electron chi connectivity index (χ2n) is 6.54. The molecule has 0 fully saturated rings. The molecule has 0 bridgehead atoms. The van der Waals surface area contributed by atoms with Gasteiger partial charge in [0, 0.05) is 0 Å². The van der Waals surface area contributed by atoms with Crippen LogP contribution in [-0.2, 0) is 18.3 Å². The number of hydrogen-bond donors (Lipinski definition) is 0. The molecule has 0 heterocycles. The summed E-state index contributed by atoms with van der Waals surface area (Å²) in [6.07, 6.45) is 0. The van der Waals surface area contributed by atoms with Gasteiger partial charge < -0.3 is 0 Å². The van der Waals surface area contributed by atoms with Crippen LogP contribution in [0.25, 0.3) is 0 Å². The Kier molecular flexibility index (Phi) is 4.97. The van der Waals surface area contributed by atoms with E-state index in [0.29, 0.717) is 0 Å². The fraction of sp³-hybridized carbons (Fsp3) is 0. The van der Waals surface area contributed by atoms with Gasteiger partial charge in [-0.2, -0.15) is 0 Å². The first kappa shape index (κ1) is 17.2. The van der Waals surface area contributed by atoms with E-state index in [2.05, 4.69) is 115 Å². The van der Waals surface area contributed by atoms with Gasteiger partial charge in [0.1, 0.15) is 0 Å². The molecule has 26 heavy (non-hydrogen) atoms. The molecule has 0 aliphatic rings. The Morgan fingerprint density at radius 2 is 0.692 bits per heavy atom. The summed E-state index contributed by atoms with van der Waals surface area (Å²) in [4.78, 5) is 0. The Morgan fingerprint density at radius 1 is 0.385 bits per heavy atom. The molecular weight excluding hydrogens is 382 g/mol. The molecule has 0 unspecified atom stereocenters. The van der Waals surface area contributed by atoms with Gasteiger partial charge in [0.25, 0.3) is 0 Å². The molecule has 2 heteroatoms. The standard InChI is InChI=1S/C24H19Si.Zn/c1-5-13-21(14-6-1)25(22-15-7-2-8-16-22,23-17-9-3-10-18-23)24-19-11-4-12-20-24;/h1-3,5-20H;. The third-order valence-electron chi connectivity index (χ3n) is 5.01. The molecular formula is C24H19SiZn. The monoisotopic (exact) mass is 399 g/mol. The van der Waals surface area contributed by atoms with Gasteiger partial charge in [0.2, 0.25) is 0 Å². The average Bonchev–Trinajstić information content (AvgIpc) is 2.72. The molecule has 0 amide bonds. The average molecular weight is 401 g/mol. The molecule has 0 aliphatic heterocycles. The van der Waals surface area contributed by atoms with Crippen molar-refractivity contribution in [3.63, 3.8) is 0 Å². The van der Waals surface area contributed by atoms with Crippen molar-refractivity contribution >= 4 is 33.0 Å². The topological polar surface area (TPSA) is 0 Å². The van der Waals surface area contributed by atoms with Crippen LogP contribution >= 0.6 is 0 Å². The third kappa shape index (κ3) is 3.00. The van der Waals surface area contributed by atoms with Gasteiger partial charge in [-0.3, -0.25) is 0 Å². The van der Waals surface area contributed by atoms with Crippen molar-refractivity contribution < 1.29 is 18.3 Å². The van der Waals surface area contributed by atoms with Crippen LogP contribution in [0.2, 0.25) is 0 Å². The Hall–Kier alpha value is -2.28. The normalized spacial score (nSPS) is 11.3. The molecule has 4 aromatic carbocycles. The van der Waals surface area contributed by atoms with Crippen LogP contribution in [0.5, 0.6) is 0 Å². The van der Waals surface area contributed by atoms with E-state index in [-0.39, 0.29) is 0 Å². The predicted molar refractivity (Wildman–Crippen MR) is 110 cm³/mol. The molecule has 0 atom stereocenters. The molecule has 4 aromatic rings. The number of benzene rings is 4. The maximum absolute atomic E-state index is 2.36. The van der Waals surface area contributed by atoms with Crippen LogP contribution in [0.15, 0.2) is 115 Å². The van der Waals surface area contributed by atoms with E-state index in [4.69, 9.17) is 0 Å². The molecule has 0 saturated carbocycles. The second kappa shape index (κ2) is 7.53. The molecule has 0 nitrogen and oxygen atoms in total. The van der Waals surface area contributed by atoms with Gasteiger partial charge in [-0.25, -0.2) is 0 Å². The fourth-order valence-corrected chi connectivity index (χ4v) is 9.06. The van der Waals surface area contributed by atoms with Crippen molar-refractivity contribution in [2.75, 3.05) is 0 Å². The van der Waals surface area contributed by atoms with E-state index < -0.39 is 8.07 Å². The summed E-state index contributed by atoms with van der Waals surface area (Å²) < 4.78 is 1.42. The van der Waals surface area contributed by atoms with Gasteiger partial charge >= 0.3 is 167 Å². The van der Waals surface area contributed by atoms with Gasteiger partial charge in [-0.1, -0.05) is 0 Å². The molecule has 4 rings (SSSR count). The van der Waals surface area contributed by atoms with Crippen molar-refractivity contribution in [3.8, 4) is 0 Å². The third-order valence-corrected chi connectivity index (χ3v) is 10.8. The Morgan fingerprint density at radius 3 is 1.04 bits per heavy atom. The summed E-state index contributed by atoms with van der Waals surface area (Å²) >= 11 is 1.19. The van der Waals surface area contributed by atoms with E-state index in [1.165, 1.54) is 43.2 Å². The molecule has 121 valence electrons. The van der Waals surface area contributed by atoms with Crippen molar-refractivity contribution in [1.29, 1.82) is 0 Å². The minimum atomic E-state index is -2.31. The van der Waals surface area contributed by atoms with Crippen molar-refractivity contribution in [3.05, 3.63) is 115 Å². The molecule has 0 aliphatic carbocycles. The fourth-order valence-electron chi connectivity index (χ4n) is 3.82. The zero-order valence-electron chi connectivity index (χ0n) is 14.7. The van der Waals surface area contributed by atoms with Gasteiger partial charge in [0.15, 0.2) is 0 Å². The molecule has 0 aromatic heterocycles. The summed E-state index contributed by atoms with van der Waals surface area (Å²) in [7, 11) is -2.31.